The molecule has 0 spiro atoms. The molecule has 11 heteroatoms. The zero-order chi connectivity index (χ0) is 29.8. The number of hydrogen-bond donors (Lipinski definition) is 3. The molecule has 0 aliphatic carbocycles. The fourth-order valence-electron chi connectivity index (χ4n) is 4.35. The highest BCUT2D eigenvalue weighted by Gasteiger charge is 2.70. The second-order valence-corrected chi connectivity index (χ2v) is 9.32. The van der Waals surface area contributed by atoms with E-state index in [2.05, 4.69) is 0 Å². The molecule has 0 saturated carbocycles. The van der Waals surface area contributed by atoms with Crippen LogP contribution >= 0.6 is 0 Å². The van der Waals surface area contributed by atoms with Crippen molar-refractivity contribution >= 4 is 5.97 Å². The predicted octanol–water partition coefficient (Wildman–Crippen LogP) is 5.83. The lowest BCUT2D eigenvalue weighted by Crippen LogP contribution is -2.55. The molecule has 0 amide bonds. The van der Waals surface area contributed by atoms with Gasteiger partial charge in [0.2, 0.25) is 0 Å². The highest BCUT2D eigenvalue weighted by molar-refractivity contribution is 5.67. The molecule has 2 rings (SSSR count). The van der Waals surface area contributed by atoms with Crippen molar-refractivity contribution in [3.05, 3.63) is 64.2 Å². The smallest absolute Gasteiger partial charge is 0.438 e. The minimum atomic E-state index is -6.03. The molecule has 2 aromatic rings. The van der Waals surface area contributed by atoms with Crippen LogP contribution in [-0.2, 0) is 10.2 Å². The van der Waals surface area contributed by atoms with Gasteiger partial charge in [-0.25, -0.2) is 0 Å². The second kappa shape index (κ2) is 11.9. The molecule has 0 aliphatic heterocycles. The van der Waals surface area contributed by atoms with Gasteiger partial charge in [-0.3, -0.25) is 4.79 Å². The first kappa shape index (κ1) is 32.0. The lowest BCUT2D eigenvalue weighted by Gasteiger charge is -2.34. The molecule has 0 heterocycles. The van der Waals surface area contributed by atoms with Crippen LogP contribution in [0.1, 0.15) is 60.9 Å². The topological polar surface area (TPSA) is 87.0 Å². The Morgan fingerprint density at radius 3 is 1.87 bits per heavy atom. The van der Waals surface area contributed by atoms with E-state index < -0.39 is 41.9 Å². The minimum absolute atomic E-state index is 0.0911. The van der Waals surface area contributed by atoms with Crippen molar-refractivity contribution in [3.8, 4) is 17.6 Å². The summed E-state index contributed by atoms with van der Waals surface area (Å²) in [5.74, 6) is 2.14. The molecule has 1 atom stereocenters. The molecule has 0 aromatic heterocycles. The van der Waals surface area contributed by atoms with E-state index in [0.29, 0.717) is 24.2 Å². The first-order chi connectivity index (χ1) is 17.9. The molecule has 3 N–H and O–H groups in total. The number of hydrogen-bond acceptors (Lipinski definition) is 4. The molecule has 0 unspecified atom stereocenters. The van der Waals surface area contributed by atoms with E-state index in [-0.39, 0.29) is 12.2 Å². The maximum absolute atomic E-state index is 13.0. The van der Waals surface area contributed by atoms with Crippen molar-refractivity contribution in [3.63, 3.8) is 0 Å². The third-order valence-electron chi connectivity index (χ3n) is 6.75. The molecule has 214 valence electrons. The van der Waals surface area contributed by atoms with Crippen LogP contribution in [0.2, 0.25) is 0 Å². The van der Waals surface area contributed by atoms with Crippen molar-refractivity contribution in [1.29, 1.82) is 0 Å². The summed E-state index contributed by atoms with van der Waals surface area (Å²) in [4.78, 5) is 10.7. The number of carboxylic acid groups (broad SMARTS) is 1. The maximum atomic E-state index is 13.0. The van der Waals surface area contributed by atoms with Gasteiger partial charge in [-0.05, 0) is 67.0 Å². The highest BCUT2D eigenvalue weighted by atomic mass is 19.4. The molecule has 5 nitrogen and oxygen atoms in total. The number of carbonyl (C=O) groups is 1. The molecule has 2 aromatic carbocycles. The summed E-state index contributed by atoms with van der Waals surface area (Å²) in [5, 5.41) is 27.8. The molecule has 0 saturated heterocycles. The first-order valence-corrected chi connectivity index (χ1v) is 12.1. The predicted molar refractivity (Wildman–Crippen MR) is 131 cm³/mol. The fraction of sp³-hybridized carbons (Fsp3) is 0.464. The van der Waals surface area contributed by atoms with E-state index in [4.69, 9.17) is 9.84 Å². The first-order valence-electron chi connectivity index (χ1n) is 12.1. The fourth-order valence-corrected chi connectivity index (χ4v) is 4.35. The number of aliphatic hydroxyl groups is 2. The molecule has 0 fully saturated rings. The van der Waals surface area contributed by atoms with Crippen LogP contribution < -0.4 is 4.74 Å². The number of ether oxygens (including phenoxy) is 1. The lowest BCUT2D eigenvalue weighted by molar-refractivity contribution is -0.343. The molecule has 0 bridgehead atoms. The third-order valence-corrected chi connectivity index (χ3v) is 6.75. The Bertz CT molecular complexity index is 1220. The van der Waals surface area contributed by atoms with Crippen molar-refractivity contribution in [1.82, 2.24) is 0 Å². The van der Waals surface area contributed by atoms with Crippen LogP contribution in [-0.4, -0.2) is 52.0 Å². The number of carboxylic acids is 1. The number of aliphatic hydroxyl groups excluding tert-OH is 1. The number of aliphatic carboxylic acids is 1. The molecule has 39 heavy (non-hydrogen) atoms. The van der Waals surface area contributed by atoms with Gasteiger partial charge in [-0.15, -0.1) is 0 Å². The average molecular weight is 561 g/mol. The number of aryl methyl sites for hydroxylation is 2. The van der Waals surface area contributed by atoms with Crippen LogP contribution in [0.5, 0.6) is 5.75 Å². The lowest BCUT2D eigenvalue weighted by atomic mass is 9.70. The Hall–Kier alpha value is -3.23. The van der Waals surface area contributed by atoms with Crippen molar-refractivity contribution in [2.75, 3.05) is 6.61 Å². The highest BCUT2D eigenvalue weighted by Crippen LogP contribution is 2.43. The van der Waals surface area contributed by atoms with Gasteiger partial charge >= 0.3 is 23.9 Å². The van der Waals surface area contributed by atoms with Crippen molar-refractivity contribution in [2.45, 2.75) is 76.4 Å². The van der Waals surface area contributed by atoms with Crippen molar-refractivity contribution < 1.29 is 51.2 Å². The van der Waals surface area contributed by atoms with Gasteiger partial charge in [0, 0.05) is 11.0 Å². The Morgan fingerprint density at radius 2 is 1.44 bits per heavy atom. The quantitative estimate of drug-likeness (QED) is 0.265. The normalized spacial score (nSPS) is 13.4. The van der Waals surface area contributed by atoms with Crippen LogP contribution in [0.15, 0.2) is 36.4 Å². The summed E-state index contributed by atoms with van der Waals surface area (Å²) in [7, 11) is 0. The van der Waals surface area contributed by atoms with E-state index in [1.807, 2.05) is 31.9 Å². The van der Waals surface area contributed by atoms with Gasteiger partial charge in [-0.1, -0.05) is 44.0 Å². The maximum Gasteiger partial charge on any atom is 0.438 e. The van der Waals surface area contributed by atoms with E-state index in [0.717, 1.165) is 22.6 Å². The van der Waals surface area contributed by atoms with E-state index >= 15 is 0 Å². The second-order valence-electron chi connectivity index (χ2n) is 9.32. The Labute approximate surface area is 222 Å². The summed E-state index contributed by atoms with van der Waals surface area (Å²) in [5.41, 5.74) is -3.12. The molecule has 0 aliphatic rings. The molecular weight excluding hydrogens is 530 g/mol. The standard InChI is InChI=1S/C28H30F6O5/c1-5-25(6-2,21-9-10-23(18(4)14-21)39-16-22(35)15-24(36)37)20-8-7-19(17(3)13-20)11-12-26(38,27(29,30)31)28(32,33)34/h7-10,13-14,22,35,38H,5-6,15-16H2,1-4H3,(H,36,37)/t22-/m0/s1. The third kappa shape index (κ3) is 6.86. The zero-order valence-electron chi connectivity index (χ0n) is 21.8. The number of benzene rings is 2. The molecule has 0 radical (unpaired) electrons. The number of halogens is 6. The summed E-state index contributed by atoms with van der Waals surface area (Å²) in [6, 6.07) is 9.96. The molecular formula is C28H30F6O5. The Balaban J connectivity index is 2.45. The van der Waals surface area contributed by atoms with Crippen LogP contribution in [0.3, 0.4) is 0 Å². The van der Waals surface area contributed by atoms with Gasteiger partial charge in [0.25, 0.3) is 0 Å². The number of rotatable bonds is 9. The SMILES string of the molecule is CCC(CC)(c1ccc(C#CC(O)(C(F)(F)F)C(F)(F)F)c(C)c1)c1ccc(OC[C@@H](O)CC(=O)O)c(C)c1. The monoisotopic (exact) mass is 560 g/mol. The van der Waals surface area contributed by atoms with Crippen LogP contribution in [0.4, 0.5) is 26.3 Å². The van der Waals surface area contributed by atoms with Gasteiger partial charge in [0.05, 0.1) is 12.5 Å². The number of alkyl halides is 6. The Kier molecular flexibility index (Phi) is 9.74. The van der Waals surface area contributed by atoms with E-state index in [1.165, 1.54) is 13.0 Å². The summed E-state index contributed by atoms with van der Waals surface area (Å²) >= 11 is 0. The van der Waals surface area contributed by atoms with Gasteiger partial charge in [-0.2, -0.15) is 26.3 Å². The minimum Gasteiger partial charge on any atom is -0.491 e. The summed E-state index contributed by atoms with van der Waals surface area (Å²) in [6.07, 6.45) is -12.5. The van der Waals surface area contributed by atoms with Gasteiger partial charge < -0.3 is 20.1 Å². The Morgan fingerprint density at radius 1 is 0.923 bits per heavy atom. The summed E-state index contributed by atoms with van der Waals surface area (Å²) < 4.78 is 83.5. The average Bonchev–Trinajstić information content (AvgIpc) is 2.82. The van der Waals surface area contributed by atoms with Gasteiger partial charge in [0.15, 0.2) is 0 Å². The van der Waals surface area contributed by atoms with Crippen LogP contribution in [0.25, 0.3) is 0 Å². The largest absolute Gasteiger partial charge is 0.491 e. The zero-order valence-corrected chi connectivity index (χ0v) is 21.8. The van der Waals surface area contributed by atoms with E-state index in [1.54, 1.807) is 25.1 Å². The van der Waals surface area contributed by atoms with Crippen LogP contribution in [0, 0.1) is 25.7 Å². The van der Waals surface area contributed by atoms with Gasteiger partial charge in [0.1, 0.15) is 12.4 Å². The van der Waals surface area contributed by atoms with Crippen molar-refractivity contribution in [2.24, 2.45) is 0 Å². The summed E-state index contributed by atoms with van der Waals surface area (Å²) in [6.45, 7) is 6.97. The van der Waals surface area contributed by atoms with E-state index in [9.17, 15) is 41.4 Å².